The number of aliphatic hydroxyl groups excluding tert-OH is 1. The monoisotopic (exact) mass is 888 g/mol. The third-order valence-corrected chi connectivity index (χ3v) is 11.4. The molecular formula is C45H80N2O11PS+. The van der Waals surface area contributed by atoms with Gasteiger partial charge < -0.3 is 34.8 Å². The molecule has 0 spiro atoms. The highest BCUT2D eigenvalue weighted by molar-refractivity contribution is 8.00. The molecule has 0 amide bonds. The molecule has 0 aromatic carbocycles. The molecule has 5 N–H and O–H groups in total. The fourth-order valence-corrected chi connectivity index (χ4v) is 7.23. The molecule has 0 saturated heterocycles. The van der Waals surface area contributed by atoms with E-state index in [0.717, 1.165) is 51.4 Å². The molecule has 0 aliphatic heterocycles. The number of carboxylic acid groups (broad SMARTS) is 1. The summed E-state index contributed by atoms with van der Waals surface area (Å²) in [5, 5.41) is 19.5. The van der Waals surface area contributed by atoms with Crippen LogP contribution in [0.4, 0.5) is 0 Å². The van der Waals surface area contributed by atoms with E-state index in [9.17, 15) is 28.9 Å². The summed E-state index contributed by atoms with van der Waals surface area (Å²) in [6, 6.07) is -1.18. The van der Waals surface area contributed by atoms with Crippen LogP contribution in [0.15, 0.2) is 60.8 Å². The van der Waals surface area contributed by atoms with Gasteiger partial charge in [0.2, 0.25) is 0 Å². The van der Waals surface area contributed by atoms with Crippen molar-refractivity contribution in [1.82, 2.24) is 0 Å². The molecule has 1 unspecified atom stereocenters. The van der Waals surface area contributed by atoms with Gasteiger partial charge in [-0.3, -0.25) is 23.4 Å². The van der Waals surface area contributed by atoms with Crippen LogP contribution in [0.1, 0.15) is 129 Å². The fraction of sp³-hybridized carbons (Fsp3) is 0.711. The van der Waals surface area contributed by atoms with E-state index in [1.807, 2.05) is 45.4 Å². The molecule has 0 aromatic heterocycles. The highest BCUT2D eigenvalue weighted by atomic mass is 32.2. The van der Waals surface area contributed by atoms with Gasteiger partial charge in [0, 0.05) is 23.8 Å². The summed E-state index contributed by atoms with van der Waals surface area (Å²) < 4.78 is 34.3. The van der Waals surface area contributed by atoms with Gasteiger partial charge in [-0.25, -0.2) is 4.57 Å². The third-order valence-electron chi connectivity index (χ3n) is 9.02. The van der Waals surface area contributed by atoms with Crippen molar-refractivity contribution in [2.24, 2.45) is 5.73 Å². The second-order valence-electron chi connectivity index (χ2n) is 15.9. The van der Waals surface area contributed by atoms with Crippen molar-refractivity contribution in [3.63, 3.8) is 0 Å². The number of aliphatic hydroxyl groups is 1. The Balaban J connectivity index is 5.38. The minimum Gasteiger partial charge on any atom is -0.481 e. The first kappa shape index (κ1) is 57.4. The predicted octanol–water partition coefficient (Wildman–Crippen LogP) is 9.00. The van der Waals surface area contributed by atoms with Crippen molar-refractivity contribution in [3.05, 3.63) is 60.8 Å². The van der Waals surface area contributed by atoms with Gasteiger partial charge in [-0.1, -0.05) is 120 Å². The van der Waals surface area contributed by atoms with E-state index in [-0.39, 0.29) is 38.0 Å². The standard InChI is InChI=1S/C45H79N2O11PS/c1-6-8-10-12-14-16-18-20-21-23-25-27-31-42(41(48)30-29-32-43(49)50)60-38-40(46)45(52)58-39(37-57-59(53,54)56-35-34-47(3,4)5)36-55-44(51)33-28-26-24-22-19-17-15-13-11-9-7-2/h13-16,20-21,23,25,27,31,39-42,48H,6-12,17-19,22,24,26,28-30,32-38,46H2,1-5H3,(H-,49,50,53,54)/p+1/b15-13-,16-14-,21-20-,25-23+,31-27+/t39-,40+,41+,42-/m1/s1. The topological polar surface area (TPSA) is 192 Å². The zero-order chi connectivity index (χ0) is 44.9. The maximum Gasteiger partial charge on any atom is 0.472 e. The van der Waals surface area contributed by atoms with Crippen molar-refractivity contribution in [1.29, 1.82) is 0 Å². The summed E-state index contributed by atoms with van der Waals surface area (Å²) in [6.45, 7) is 3.73. The average Bonchev–Trinajstić information content (AvgIpc) is 3.18. The van der Waals surface area contributed by atoms with Gasteiger partial charge in [-0.05, 0) is 57.8 Å². The minimum atomic E-state index is -4.54. The molecule has 60 heavy (non-hydrogen) atoms. The number of hydrogen-bond acceptors (Lipinski definition) is 11. The van der Waals surface area contributed by atoms with Crippen molar-refractivity contribution in [2.75, 3.05) is 53.3 Å². The van der Waals surface area contributed by atoms with Crippen LogP contribution in [-0.2, 0) is 37.5 Å². The number of thioether (sulfide) groups is 1. The van der Waals surface area contributed by atoms with Gasteiger partial charge in [0.1, 0.15) is 25.8 Å². The Morgan fingerprint density at radius 1 is 0.767 bits per heavy atom. The van der Waals surface area contributed by atoms with E-state index in [1.165, 1.54) is 43.9 Å². The number of likely N-dealkylation sites (N-methyl/N-ethyl adjacent to an activating group) is 1. The van der Waals surface area contributed by atoms with E-state index in [1.54, 1.807) is 12.2 Å². The lowest BCUT2D eigenvalue weighted by molar-refractivity contribution is -0.870. The number of hydrogen-bond donors (Lipinski definition) is 4. The van der Waals surface area contributed by atoms with E-state index in [0.29, 0.717) is 17.4 Å². The summed E-state index contributed by atoms with van der Waals surface area (Å²) >= 11 is 1.21. The van der Waals surface area contributed by atoms with Crippen molar-refractivity contribution in [2.45, 2.75) is 153 Å². The lowest BCUT2D eigenvalue weighted by Gasteiger charge is -2.25. The molecule has 0 bridgehead atoms. The van der Waals surface area contributed by atoms with Gasteiger partial charge in [0.25, 0.3) is 0 Å². The first-order valence-corrected chi connectivity index (χ1v) is 24.5. The average molecular weight is 888 g/mol. The number of unbranched alkanes of at least 4 members (excludes halogenated alkanes) is 10. The van der Waals surface area contributed by atoms with Gasteiger partial charge >= 0.3 is 25.7 Å². The van der Waals surface area contributed by atoms with Gasteiger partial charge in [0.05, 0.1) is 33.9 Å². The molecule has 0 aliphatic rings. The van der Waals surface area contributed by atoms with E-state index in [2.05, 4.69) is 38.2 Å². The molecule has 0 aliphatic carbocycles. The van der Waals surface area contributed by atoms with Gasteiger partial charge in [0.15, 0.2) is 6.10 Å². The number of carboxylic acids is 1. The quantitative estimate of drug-likeness (QED) is 0.0114. The molecule has 0 fully saturated rings. The van der Waals surface area contributed by atoms with Gasteiger partial charge in [-0.15, -0.1) is 11.8 Å². The Morgan fingerprint density at radius 2 is 1.40 bits per heavy atom. The molecule has 5 atom stereocenters. The molecule has 346 valence electrons. The Bertz CT molecular complexity index is 1330. The van der Waals surface area contributed by atoms with Crippen LogP contribution in [0.25, 0.3) is 0 Å². The number of allylic oxidation sites excluding steroid dienone is 9. The number of phosphoric ester groups is 1. The first-order chi connectivity index (χ1) is 28.6. The highest BCUT2D eigenvalue weighted by Gasteiger charge is 2.29. The molecule has 15 heteroatoms. The van der Waals surface area contributed by atoms with Gasteiger partial charge in [-0.2, -0.15) is 0 Å². The van der Waals surface area contributed by atoms with Crippen LogP contribution in [0.3, 0.4) is 0 Å². The summed E-state index contributed by atoms with van der Waals surface area (Å²) in [5.41, 5.74) is 6.23. The molecule has 13 nitrogen and oxygen atoms in total. The number of esters is 2. The van der Waals surface area contributed by atoms with E-state index >= 15 is 0 Å². The number of rotatable bonds is 39. The first-order valence-electron chi connectivity index (χ1n) is 22.0. The number of quaternary nitrogens is 1. The highest BCUT2D eigenvalue weighted by Crippen LogP contribution is 2.43. The maximum absolute atomic E-state index is 13.2. The Morgan fingerprint density at radius 3 is 2.08 bits per heavy atom. The summed E-state index contributed by atoms with van der Waals surface area (Å²) in [6.07, 6.45) is 33.2. The van der Waals surface area contributed by atoms with Crippen molar-refractivity contribution >= 4 is 37.5 Å². The third kappa shape index (κ3) is 37.2. The molecular weight excluding hydrogens is 808 g/mol. The second kappa shape index (κ2) is 37.0. The van der Waals surface area contributed by atoms with Crippen LogP contribution in [0.5, 0.6) is 0 Å². The lowest BCUT2D eigenvalue weighted by atomic mass is 10.1. The van der Waals surface area contributed by atoms with E-state index in [4.69, 9.17) is 29.4 Å². The predicted molar refractivity (Wildman–Crippen MR) is 243 cm³/mol. The second-order valence-corrected chi connectivity index (χ2v) is 18.6. The number of phosphoric acid groups is 1. The Labute approximate surface area is 366 Å². The molecule has 0 heterocycles. The summed E-state index contributed by atoms with van der Waals surface area (Å²) in [7, 11) is 1.16. The summed E-state index contributed by atoms with van der Waals surface area (Å²) in [5.74, 6) is -2.29. The Kier molecular flexibility index (Phi) is 35.5. The molecule has 0 radical (unpaired) electrons. The number of carbonyl (C=O) groups is 3. The zero-order valence-electron chi connectivity index (χ0n) is 37.3. The Hall–Kier alpha value is -2.55. The fourth-order valence-electron chi connectivity index (χ4n) is 5.36. The summed E-state index contributed by atoms with van der Waals surface area (Å²) in [4.78, 5) is 47.1. The largest absolute Gasteiger partial charge is 0.481 e. The van der Waals surface area contributed by atoms with Crippen LogP contribution < -0.4 is 5.73 Å². The van der Waals surface area contributed by atoms with Crippen molar-refractivity contribution in [3.8, 4) is 0 Å². The number of carbonyl (C=O) groups excluding carboxylic acids is 2. The van der Waals surface area contributed by atoms with Crippen LogP contribution >= 0.6 is 19.6 Å². The number of nitrogens with two attached hydrogens (primary N) is 1. The van der Waals surface area contributed by atoms with Crippen molar-refractivity contribution < 1.29 is 57.1 Å². The smallest absolute Gasteiger partial charge is 0.472 e. The van der Waals surface area contributed by atoms with Crippen LogP contribution in [0.2, 0.25) is 0 Å². The minimum absolute atomic E-state index is 0.0210. The van der Waals surface area contributed by atoms with Crippen LogP contribution in [-0.4, -0.2) is 114 Å². The van der Waals surface area contributed by atoms with E-state index < -0.39 is 62.4 Å². The normalized spacial score (nSPS) is 15.6. The number of nitrogens with zero attached hydrogens (tertiary/aromatic N) is 1. The lowest BCUT2D eigenvalue weighted by Crippen LogP contribution is -2.40. The number of ether oxygens (including phenoxy) is 2. The SMILES string of the molecule is CCCC/C=C\CCCCCCCC(=O)OC[C@H](COP(=O)(O)OCC[N+](C)(C)C)OC(=O)[C@@H](N)CS[C@H](/C=C/C=C/C=C\C/C=C\CCCCC)[C@@H](O)CCCC(=O)O. The molecule has 0 saturated carbocycles. The molecule has 0 rings (SSSR count). The maximum atomic E-state index is 13.2. The van der Waals surface area contributed by atoms with Crippen LogP contribution in [0, 0.1) is 0 Å². The zero-order valence-corrected chi connectivity index (χ0v) is 39.0. The number of aliphatic carboxylic acids is 1. The molecule has 0 aromatic rings.